The van der Waals surface area contributed by atoms with Gasteiger partial charge >= 0.3 is 18.0 Å². The predicted octanol–water partition coefficient (Wildman–Crippen LogP) is 4.47. The van der Waals surface area contributed by atoms with Crippen LogP contribution in [0, 0.1) is 15.9 Å². The SMILES string of the molecule is COCCOCCn1nnnc1Sc1ccc([N+](=O)[O-])cc1C(=O)Nc1ncc(C(F)(F)C(F)(F)C(F)(F)F)cc1F. The zero-order valence-corrected chi connectivity index (χ0v) is 21.7. The second kappa shape index (κ2) is 12.9. The number of nitro groups is 1. The van der Waals surface area contributed by atoms with Gasteiger partial charge in [-0.15, -0.1) is 5.10 Å². The number of hydrogen-bond donors (Lipinski definition) is 1. The molecular formula is C21H17F8N7O5S. The summed E-state index contributed by atoms with van der Waals surface area (Å²) < 4.78 is 118. The summed E-state index contributed by atoms with van der Waals surface area (Å²) in [6, 6.07) is 2.59. The normalized spacial score (nSPS) is 12.4. The Morgan fingerprint density at radius 1 is 1.12 bits per heavy atom. The second-order valence-electron chi connectivity index (χ2n) is 7.98. The smallest absolute Gasteiger partial charge is 0.382 e. The number of carbonyl (C=O) groups is 1. The standard InChI is InChI=1S/C21H17F8N7O5S/c1-40-6-7-41-5-4-35-18(32-33-34-35)42-15-3-2-12(36(38)39)9-13(15)17(37)31-16-14(22)8-11(10-30-16)19(23,24)20(25,26)21(27,28)29/h2-3,8-10H,4-7H2,1H3,(H,30,31,37). The van der Waals surface area contributed by atoms with Gasteiger partial charge in [0.2, 0.25) is 5.16 Å². The number of amides is 1. The van der Waals surface area contributed by atoms with Crippen LogP contribution in [0.1, 0.15) is 15.9 Å². The number of methoxy groups -OCH3 is 1. The number of anilines is 1. The van der Waals surface area contributed by atoms with Crippen molar-refractivity contribution in [3.63, 3.8) is 0 Å². The van der Waals surface area contributed by atoms with E-state index in [4.69, 9.17) is 9.47 Å². The number of rotatable bonds is 13. The summed E-state index contributed by atoms with van der Waals surface area (Å²) in [5, 5.41) is 24.2. The van der Waals surface area contributed by atoms with Crippen LogP contribution in [0.3, 0.4) is 0 Å². The fourth-order valence-corrected chi connectivity index (χ4v) is 3.94. The van der Waals surface area contributed by atoms with Gasteiger partial charge in [-0.05, 0) is 34.3 Å². The van der Waals surface area contributed by atoms with Crippen LogP contribution in [-0.2, 0) is 21.9 Å². The maximum Gasteiger partial charge on any atom is 0.460 e. The molecule has 0 aliphatic carbocycles. The number of nitrogens with one attached hydrogen (secondary N) is 1. The molecular weight excluding hydrogens is 614 g/mol. The molecule has 0 saturated carbocycles. The van der Waals surface area contributed by atoms with Gasteiger partial charge in [-0.1, -0.05) is 0 Å². The lowest BCUT2D eigenvalue weighted by Gasteiger charge is -2.28. The highest BCUT2D eigenvalue weighted by Gasteiger charge is 2.73. The molecule has 1 N–H and O–H groups in total. The Hall–Kier alpha value is -3.98. The highest BCUT2D eigenvalue weighted by atomic mass is 32.2. The average Bonchev–Trinajstić information content (AvgIpc) is 3.35. The summed E-state index contributed by atoms with van der Waals surface area (Å²) in [6.45, 7) is 0.915. The lowest BCUT2D eigenvalue weighted by molar-refractivity contribution is -0.384. The topological polar surface area (TPSA) is 147 Å². The number of ether oxygens (including phenoxy) is 2. The number of hydrogen-bond acceptors (Lipinski definition) is 10. The van der Waals surface area contributed by atoms with Gasteiger partial charge in [0.1, 0.15) is 0 Å². The number of carbonyl (C=O) groups excluding carboxylic acids is 1. The molecule has 0 radical (unpaired) electrons. The van der Waals surface area contributed by atoms with E-state index in [9.17, 15) is 50.0 Å². The van der Waals surface area contributed by atoms with E-state index < -0.39 is 57.3 Å². The molecule has 21 heteroatoms. The van der Waals surface area contributed by atoms with Crippen LogP contribution in [-0.4, -0.2) is 75.1 Å². The number of nitrogens with zero attached hydrogens (tertiary/aromatic N) is 6. The van der Waals surface area contributed by atoms with Crippen molar-refractivity contribution in [3.8, 4) is 0 Å². The summed E-state index contributed by atoms with van der Waals surface area (Å²) in [5.74, 6) is -16.8. The molecule has 2 aromatic heterocycles. The molecule has 0 atom stereocenters. The summed E-state index contributed by atoms with van der Waals surface area (Å²) in [4.78, 5) is 26.4. The van der Waals surface area contributed by atoms with Crippen molar-refractivity contribution >= 4 is 29.2 Å². The highest BCUT2D eigenvalue weighted by Crippen LogP contribution is 2.51. The van der Waals surface area contributed by atoms with Gasteiger partial charge in [-0.25, -0.2) is 14.1 Å². The third-order valence-electron chi connectivity index (χ3n) is 5.18. The van der Waals surface area contributed by atoms with E-state index in [1.165, 1.54) is 11.8 Å². The summed E-state index contributed by atoms with van der Waals surface area (Å²) in [7, 11) is 1.48. The van der Waals surface area contributed by atoms with Crippen molar-refractivity contribution in [1.29, 1.82) is 0 Å². The van der Waals surface area contributed by atoms with E-state index in [1.54, 1.807) is 0 Å². The largest absolute Gasteiger partial charge is 0.460 e. The van der Waals surface area contributed by atoms with E-state index in [-0.39, 0.29) is 42.1 Å². The van der Waals surface area contributed by atoms with Crippen molar-refractivity contribution < 1.29 is 54.3 Å². The number of pyridine rings is 1. The number of benzene rings is 1. The average molecular weight is 631 g/mol. The van der Waals surface area contributed by atoms with Gasteiger partial charge in [0.05, 0.1) is 36.9 Å². The number of alkyl halides is 7. The van der Waals surface area contributed by atoms with Gasteiger partial charge in [0.25, 0.3) is 11.6 Å². The van der Waals surface area contributed by atoms with Gasteiger partial charge in [-0.3, -0.25) is 14.9 Å². The minimum atomic E-state index is -6.67. The molecule has 3 rings (SSSR count). The molecule has 0 aliphatic rings. The number of tetrazole rings is 1. The molecule has 42 heavy (non-hydrogen) atoms. The predicted molar refractivity (Wildman–Crippen MR) is 125 cm³/mol. The fraction of sp³-hybridized carbons (Fsp3) is 0.381. The first-order chi connectivity index (χ1) is 19.6. The maximum absolute atomic E-state index is 14.5. The zero-order valence-electron chi connectivity index (χ0n) is 20.9. The van der Waals surface area contributed by atoms with Crippen LogP contribution < -0.4 is 5.32 Å². The first kappa shape index (κ1) is 32.5. The van der Waals surface area contributed by atoms with Crippen LogP contribution in [0.2, 0.25) is 0 Å². The third-order valence-corrected chi connectivity index (χ3v) is 6.24. The fourth-order valence-electron chi connectivity index (χ4n) is 3.04. The molecule has 2 heterocycles. The first-order valence-electron chi connectivity index (χ1n) is 11.2. The molecule has 0 spiro atoms. The molecule has 1 aromatic carbocycles. The van der Waals surface area contributed by atoms with Crippen LogP contribution in [0.15, 0.2) is 40.5 Å². The summed E-state index contributed by atoms with van der Waals surface area (Å²) in [5.41, 5.74) is -3.18. The molecule has 0 saturated heterocycles. The molecule has 0 unspecified atom stereocenters. The quantitative estimate of drug-likeness (QED) is 0.124. The van der Waals surface area contributed by atoms with Crippen molar-refractivity contribution in [2.45, 2.75) is 34.6 Å². The van der Waals surface area contributed by atoms with Crippen LogP contribution >= 0.6 is 11.8 Å². The molecule has 12 nitrogen and oxygen atoms in total. The summed E-state index contributed by atoms with van der Waals surface area (Å²) in [6.07, 6.45) is -6.85. The lowest BCUT2D eigenvalue weighted by atomic mass is 10.0. The zero-order chi connectivity index (χ0) is 31.3. The lowest BCUT2D eigenvalue weighted by Crippen LogP contribution is -2.50. The molecule has 0 bridgehead atoms. The second-order valence-corrected chi connectivity index (χ2v) is 8.99. The minimum Gasteiger partial charge on any atom is -0.382 e. The molecule has 1 amide bonds. The summed E-state index contributed by atoms with van der Waals surface area (Å²) >= 11 is 0.750. The number of aromatic nitrogens is 5. The highest BCUT2D eigenvalue weighted by molar-refractivity contribution is 7.99. The first-order valence-corrected chi connectivity index (χ1v) is 12.0. The molecule has 228 valence electrons. The van der Waals surface area contributed by atoms with Crippen LogP contribution in [0.25, 0.3) is 0 Å². The van der Waals surface area contributed by atoms with E-state index >= 15 is 0 Å². The minimum absolute atomic E-state index is 0.0113. The van der Waals surface area contributed by atoms with E-state index in [2.05, 4.69) is 20.5 Å². The van der Waals surface area contributed by atoms with Gasteiger partial charge in [-0.2, -0.15) is 30.7 Å². The maximum atomic E-state index is 14.5. The molecule has 0 aliphatic heterocycles. The van der Waals surface area contributed by atoms with Crippen LogP contribution in [0.4, 0.5) is 46.6 Å². The Morgan fingerprint density at radius 3 is 2.45 bits per heavy atom. The van der Waals surface area contributed by atoms with E-state index in [0.29, 0.717) is 6.61 Å². The number of nitro benzene ring substituents is 1. The van der Waals surface area contributed by atoms with Crippen molar-refractivity contribution in [2.75, 3.05) is 32.2 Å². The monoisotopic (exact) mass is 631 g/mol. The Labute approximate surface area is 233 Å². The molecule has 0 fully saturated rings. The molecule has 3 aromatic rings. The van der Waals surface area contributed by atoms with Crippen molar-refractivity contribution in [2.24, 2.45) is 0 Å². The van der Waals surface area contributed by atoms with Gasteiger partial charge in [0.15, 0.2) is 11.6 Å². The van der Waals surface area contributed by atoms with Gasteiger partial charge in [0, 0.05) is 35.9 Å². The number of halogens is 8. The van der Waals surface area contributed by atoms with Crippen molar-refractivity contribution in [3.05, 3.63) is 57.5 Å². The van der Waals surface area contributed by atoms with E-state index in [1.807, 2.05) is 5.32 Å². The Kier molecular flexibility index (Phi) is 9.99. The Balaban J connectivity index is 1.87. The Bertz CT molecular complexity index is 1440. The van der Waals surface area contributed by atoms with E-state index in [0.717, 1.165) is 30.0 Å². The Morgan fingerprint density at radius 2 is 1.83 bits per heavy atom. The third kappa shape index (κ3) is 7.07. The van der Waals surface area contributed by atoms with Gasteiger partial charge < -0.3 is 14.8 Å². The number of non-ortho nitro benzene ring substituents is 1. The van der Waals surface area contributed by atoms with Crippen molar-refractivity contribution in [1.82, 2.24) is 25.2 Å². The van der Waals surface area contributed by atoms with Crippen LogP contribution in [0.5, 0.6) is 0 Å².